The molecule has 1 aromatic rings. The zero-order valence-electron chi connectivity index (χ0n) is 8.49. The van der Waals surface area contributed by atoms with Gasteiger partial charge >= 0.3 is 5.97 Å². The van der Waals surface area contributed by atoms with Crippen molar-refractivity contribution in [3.05, 3.63) is 46.5 Å². The minimum atomic E-state index is -1.23. The monoisotopic (exact) mass is 236 g/mol. The van der Waals surface area contributed by atoms with Crippen LogP contribution in [0.1, 0.15) is 0 Å². The number of nitrogens with one attached hydrogen (secondary N) is 1. The maximum atomic E-state index is 11.1. The highest BCUT2D eigenvalue weighted by Crippen LogP contribution is 2.15. The van der Waals surface area contributed by atoms with Crippen LogP contribution in [-0.2, 0) is 9.59 Å². The van der Waals surface area contributed by atoms with Crippen LogP contribution in [0.4, 0.5) is 11.4 Å². The molecule has 0 aliphatic heterocycles. The average Bonchev–Trinajstić information content (AvgIpc) is 2.27. The summed E-state index contributed by atoms with van der Waals surface area (Å²) in [5, 5.41) is 21.0. The Morgan fingerprint density at radius 3 is 2.29 bits per heavy atom. The summed E-state index contributed by atoms with van der Waals surface area (Å²) in [5.41, 5.74) is 0.250. The summed E-state index contributed by atoms with van der Waals surface area (Å²) in [4.78, 5) is 31.1. The second-order valence-corrected chi connectivity index (χ2v) is 2.96. The van der Waals surface area contributed by atoms with Gasteiger partial charge in [0, 0.05) is 30.0 Å². The fraction of sp³-hybridized carbons (Fsp3) is 0. The molecule has 0 atom stereocenters. The third kappa shape index (κ3) is 4.12. The molecule has 0 fully saturated rings. The summed E-state index contributed by atoms with van der Waals surface area (Å²) in [7, 11) is 0. The minimum Gasteiger partial charge on any atom is -0.478 e. The van der Waals surface area contributed by atoms with Gasteiger partial charge in [-0.2, -0.15) is 0 Å². The molecule has 0 aliphatic carbocycles. The molecule has 17 heavy (non-hydrogen) atoms. The number of benzene rings is 1. The number of anilines is 1. The fourth-order valence-electron chi connectivity index (χ4n) is 0.997. The van der Waals surface area contributed by atoms with Crippen LogP contribution in [0, 0.1) is 10.1 Å². The molecule has 7 nitrogen and oxygen atoms in total. The van der Waals surface area contributed by atoms with Crippen LogP contribution < -0.4 is 5.32 Å². The van der Waals surface area contributed by atoms with E-state index in [9.17, 15) is 19.7 Å². The van der Waals surface area contributed by atoms with E-state index in [0.717, 1.165) is 6.08 Å². The Balaban J connectivity index is 2.66. The van der Waals surface area contributed by atoms with Crippen molar-refractivity contribution in [1.29, 1.82) is 0 Å². The third-order valence-electron chi connectivity index (χ3n) is 1.72. The van der Waals surface area contributed by atoms with Gasteiger partial charge in [0.05, 0.1) is 4.92 Å². The van der Waals surface area contributed by atoms with Gasteiger partial charge in [0.25, 0.3) is 5.69 Å². The summed E-state index contributed by atoms with van der Waals surface area (Å²) >= 11 is 0. The van der Waals surface area contributed by atoms with E-state index in [4.69, 9.17) is 5.11 Å². The van der Waals surface area contributed by atoms with Crippen molar-refractivity contribution < 1.29 is 19.6 Å². The van der Waals surface area contributed by atoms with E-state index in [1.807, 2.05) is 0 Å². The number of rotatable bonds is 4. The van der Waals surface area contributed by atoms with Gasteiger partial charge < -0.3 is 10.4 Å². The Morgan fingerprint density at radius 1 is 1.24 bits per heavy atom. The van der Waals surface area contributed by atoms with Crippen LogP contribution in [-0.4, -0.2) is 21.9 Å². The van der Waals surface area contributed by atoms with Gasteiger partial charge in [-0.3, -0.25) is 14.9 Å². The highest BCUT2D eigenvalue weighted by atomic mass is 16.6. The van der Waals surface area contributed by atoms with Gasteiger partial charge in [-0.05, 0) is 12.1 Å². The molecule has 0 unspecified atom stereocenters. The topological polar surface area (TPSA) is 110 Å². The Kier molecular flexibility index (Phi) is 3.93. The van der Waals surface area contributed by atoms with E-state index in [-0.39, 0.29) is 5.69 Å². The van der Waals surface area contributed by atoms with E-state index in [1.54, 1.807) is 0 Å². The van der Waals surface area contributed by atoms with Crippen molar-refractivity contribution in [1.82, 2.24) is 0 Å². The predicted octanol–water partition coefficient (Wildman–Crippen LogP) is 1.17. The molecule has 1 aromatic carbocycles. The smallest absolute Gasteiger partial charge is 0.328 e. The third-order valence-corrected chi connectivity index (χ3v) is 1.72. The van der Waals surface area contributed by atoms with Crippen molar-refractivity contribution in [2.75, 3.05) is 5.32 Å². The SMILES string of the molecule is O=C(O)/C=C/C(=O)Nc1ccc([N+](=O)[O-])cc1. The maximum Gasteiger partial charge on any atom is 0.328 e. The molecule has 0 bridgehead atoms. The van der Waals surface area contributed by atoms with E-state index in [1.165, 1.54) is 24.3 Å². The second kappa shape index (κ2) is 5.40. The number of amides is 1. The molecule has 0 saturated heterocycles. The molecule has 0 aliphatic rings. The number of carbonyl (C=O) groups excluding carboxylic acids is 1. The summed E-state index contributed by atoms with van der Waals surface area (Å²) in [6.45, 7) is 0. The van der Waals surface area contributed by atoms with Gasteiger partial charge in [-0.15, -0.1) is 0 Å². The molecule has 0 radical (unpaired) electrons. The Bertz CT molecular complexity index is 478. The lowest BCUT2D eigenvalue weighted by molar-refractivity contribution is -0.384. The summed E-state index contributed by atoms with van der Waals surface area (Å²) in [5.74, 6) is -1.86. The largest absolute Gasteiger partial charge is 0.478 e. The number of aliphatic carboxylic acids is 1. The standard InChI is InChI=1S/C10H8N2O5/c13-9(5-6-10(14)15)11-7-1-3-8(4-2-7)12(16)17/h1-6H,(H,11,13)(H,14,15)/b6-5+. The van der Waals surface area contributed by atoms with Crippen LogP contribution in [0.5, 0.6) is 0 Å². The number of carboxylic acid groups (broad SMARTS) is 1. The van der Waals surface area contributed by atoms with Gasteiger partial charge in [0.1, 0.15) is 0 Å². The molecule has 7 heteroatoms. The summed E-state index contributed by atoms with van der Waals surface area (Å²) in [6, 6.07) is 5.17. The van der Waals surface area contributed by atoms with Crippen molar-refractivity contribution in [3.8, 4) is 0 Å². The molecular formula is C10H8N2O5. The van der Waals surface area contributed by atoms with Crippen LogP contribution >= 0.6 is 0 Å². The zero-order chi connectivity index (χ0) is 12.8. The molecule has 1 amide bonds. The van der Waals surface area contributed by atoms with E-state index < -0.39 is 16.8 Å². The number of nitro groups is 1. The molecule has 1 rings (SSSR count). The van der Waals surface area contributed by atoms with Crippen LogP contribution in [0.2, 0.25) is 0 Å². The Morgan fingerprint density at radius 2 is 1.82 bits per heavy atom. The molecule has 0 heterocycles. The first kappa shape index (κ1) is 12.4. The highest BCUT2D eigenvalue weighted by Gasteiger charge is 2.04. The van der Waals surface area contributed by atoms with Gasteiger partial charge in [-0.1, -0.05) is 0 Å². The molecule has 0 spiro atoms. The molecule has 0 saturated carbocycles. The van der Waals surface area contributed by atoms with Crippen molar-refractivity contribution in [3.63, 3.8) is 0 Å². The number of hydrogen-bond acceptors (Lipinski definition) is 4. The van der Waals surface area contributed by atoms with E-state index >= 15 is 0 Å². The van der Waals surface area contributed by atoms with Crippen LogP contribution in [0.15, 0.2) is 36.4 Å². The lowest BCUT2D eigenvalue weighted by Gasteiger charge is -2.00. The fourth-order valence-corrected chi connectivity index (χ4v) is 0.997. The zero-order valence-corrected chi connectivity index (χ0v) is 8.49. The number of carboxylic acids is 1. The molecular weight excluding hydrogens is 228 g/mol. The summed E-state index contributed by atoms with van der Waals surface area (Å²) < 4.78 is 0. The average molecular weight is 236 g/mol. The second-order valence-electron chi connectivity index (χ2n) is 2.96. The lowest BCUT2D eigenvalue weighted by Crippen LogP contribution is -2.08. The van der Waals surface area contributed by atoms with Crippen LogP contribution in [0.25, 0.3) is 0 Å². The van der Waals surface area contributed by atoms with Gasteiger partial charge in [0.15, 0.2) is 0 Å². The van der Waals surface area contributed by atoms with Gasteiger partial charge in [-0.25, -0.2) is 4.79 Å². The maximum absolute atomic E-state index is 11.1. The summed E-state index contributed by atoms with van der Waals surface area (Å²) in [6.07, 6.45) is 1.55. The van der Waals surface area contributed by atoms with Crippen molar-refractivity contribution in [2.45, 2.75) is 0 Å². The number of carbonyl (C=O) groups is 2. The van der Waals surface area contributed by atoms with Crippen LogP contribution in [0.3, 0.4) is 0 Å². The quantitative estimate of drug-likeness (QED) is 0.463. The van der Waals surface area contributed by atoms with Gasteiger partial charge in [0.2, 0.25) is 5.91 Å². The predicted molar refractivity (Wildman–Crippen MR) is 58.5 cm³/mol. The number of nitrogens with zero attached hydrogens (tertiary/aromatic N) is 1. The van der Waals surface area contributed by atoms with E-state index in [2.05, 4.69) is 5.32 Å². The highest BCUT2D eigenvalue weighted by molar-refractivity contribution is 6.02. The minimum absolute atomic E-state index is 0.0934. The Labute approximate surface area is 95.5 Å². The Hall–Kier alpha value is -2.70. The first-order valence-electron chi connectivity index (χ1n) is 4.45. The van der Waals surface area contributed by atoms with E-state index in [0.29, 0.717) is 11.8 Å². The molecule has 2 N–H and O–H groups in total. The number of non-ortho nitro benzene ring substituents is 1. The van der Waals surface area contributed by atoms with Crippen molar-refractivity contribution >= 4 is 23.3 Å². The number of hydrogen-bond donors (Lipinski definition) is 2. The normalized spacial score (nSPS) is 10.1. The molecule has 0 aromatic heterocycles. The number of nitro benzene ring substituents is 1. The van der Waals surface area contributed by atoms with Crippen molar-refractivity contribution in [2.24, 2.45) is 0 Å². The first-order valence-corrected chi connectivity index (χ1v) is 4.45. The molecule has 88 valence electrons. The first-order chi connectivity index (χ1) is 7.99. The lowest BCUT2D eigenvalue weighted by atomic mass is 10.3.